The van der Waals surface area contributed by atoms with Crippen molar-refractivity contribution in [2.24, 2.45) is 11.0 Å². The average Bonchev–Trinajstić information content (AvgIpc) is 2.89. The second kappa shape index (κ2) is 7.66. The molecule has 1 fully saturated rings. The SMILES string of the molecule is CNN=C(c1sccc1Br)C1CCN(C(=O)OC(C)(C)C)CC1. The van der Waals surface area contributed by atoms with Gasteiger partial charge in [-0.25, -0.2) is 4.79 Å². The number of likely N-dealkylation sites (tertiary alicyclic amines) is 1. The molecule has 0 unspecified atom stereocenters. The van der Waals surface area contributed by atoms with Gasteiger partial charge in [-0.15, -0.1) is 11.3 Å². The topological polar surface area (TPSA) is 53.9 Å². The highest BCUT2D eigenvalue weighted by Gasteiger charge is 2.30. The minimum Gasteiger partial charge on any atom is -0.444 e. The Hall–Kier alpha value is -1.08. The Morgan fingerprint density at radius 3 is 2.57 bits per heavy atom. The number of nitrogens with zero attached hydrogens (tertiary/aromatic N) is 2. The van der Waals surface area contributed by atoms with Crippen LogP contribution in [0.5, 0.6) is 0 Å². The Morgan fingerprint density at radius 2 is 2.09 bits per heavy atom. The molecule has 7 heteroatoms. The van der Waals surface area contributed by atoms with Gasteiger partial charge in [-0.2, -0.15) is 5.10 Å². The summed E-state index contributed by atoms with van der Waals surface area (Å²) in [5.74, 6) is 0.344. The maximum Gasteiger partial charge on any atom is 0.410 e. The van der Waals surface area contributed by atoms with Crippen molar-refractivity contribution in [1.82, 2.24) is 10.3 Å². The fraction of sp³-hybridized carbons (Fsp3) is 0.625. The van der Waals surface area contributed by atoms with Gasteiger partial charge in [-0.1, -0.05) is 0 Å². The third-order valence-corrected chi connectivity index (χ3v) is 5.48. The molecule has 0 radical (unpaired) electrons. The van der Waals surface area contributed by atoms with E-state index in [0.29, 0.717) is 19.0 Å². The summed E-state index contributed by atoms with van der Waals surface area (Å²) in [6, 6.07) is 2.04. The highest BCUT2D eigenvalue weighted by atomic mass is 79.9. The predicted octanol–water partition coefficient (Wildman–Crippen LogP) is 4.08. The van der Waals surface area contributed by atoms with E-state index >= 15 is 0 Å². The van der Waals surface area contributed by atoms with Crippen molar-refractivity contribution in [2.75, 3.05) is 20.1 Å². The van der Waals surface area contributed by atoms with Crippen molar-refractivity contribution in [3.05, 3.63) is 20.8 Å². The third-order valence-electron chi connectivity index (χ3n) is 3.62. The van der Waals surface area contributed by atoms with Gasteiger partial charge < -0.3 is 15.1 Å². The summed E-state index contributed by atoms with van der Waals surface area (Å²) in [5, 5.41) is 6.55. The molecule has 0 aliphatic carbocycles. The van der Waals surface area contributed by atoms with E-state index in [4.69, 9.17) is 4.74 Å². The molecule has 0 aromatic carbocycles. The van der Waals surface area contributed by atoms with Crippen LogP contribution < -0.4 is 5.43 Å². The van der Waals surface area contributed by atoms with E-state index in [1.54, 1.807) is 16.2 Å². The monoisotopic (exact) mass is 401 g/mol. The third kappa shape index (κ3) is 4.94. The maximum absolute atomic E-state index is 12.2. The van der Waals surface area contributed by atoms with Gasteiger partial charge in [0.2, 0.25) is 0 Å². The number of nitrogens with one attached hydrogen (secondary N) is 1. The lowest BCUT2D eigenvalue weighted by Gasteiger charge is -2.33. The van der Waals surface area contributed by atoms with Crippen molar-refractivity contribution < 1.29 is 9.53 Å². The maximum atomic E-state index is 12.2. The molecule has 23 heavy (non-hydrogen) atoms. The zero-order valence-corrected chi connectivity index (χ0v) is 16.5. The standard InChI is InChI=1S/C16H24BrN3O2S/c1-16(2,3)22-15(21)20-8-5-11(6-9-20)13(19-18-4)14-12(17)7-10-23-14/h7,10-11,18H,5-6,8-9H2,1-4H3. The molecule has 1 amide bonds. The fourth-order valence-electron chi connectivity index (χ4n) is 2.59. The Labute approximate surface area is 150 Å². The number of carbonyl (C=O) groups excluding carboxylic acids is 1. The Morgan fingerprint density at radius 1 is 1.43 bits per heavy atom. The molecular weight excluding hydrogens is 378 g/mol. The van der Waals surface area contributed by atoms with Gasteiger partial charge in [0.15, 0.2) is 0 Å². The van der Waals surface area contributed by atoms with Crippen LogP contribution in [0.1, 0.15) is 38.5 Å². The van der Waals surface area contributed by atoms with E-state index in [2.05, 4.69) is 31.8 Å². The summed E-state index contributed by atoms with van der Waals surface area (Å²) in [5.41, 5.74) is 3.53. The molecule has 0 atom stereocenters. The average molecular weight is 402 g/mol. The number of thiophene rings is 1. The quantitative estimate of drug-likeness (QED) is 0.612. The predicted molar refractivity (Wildman–Crippen MR) is 98.1 cm³/mol. The molecule has 0 spiro atoms. The van der Waals surface area contributed by atoms with Crippen LogP contribution >= 0.6 is 27.3 Å². The lowest BCUT2D eigenvalue weighted by atomic mass is 9.91. The molecule has 1 aromatic rings. The van der Waals surface area contributed by atoms with Crippen LogP contribution in [0, 0.1) is 5.92 Å². The van der Waals surface area contributed by atoms with Gasteiger partial charge in [0, 0.05) is 30.5 Å². The molecule has 0 bridgehead atoms. The molecule has 1 N–H and O–H groups in total. The van der Waals surface area contributed by atoms with E-state index in [0.717, 1.165) is 27.9 Å². The smallest absolute Gasteiger partial charge is 0.410 e. The van der Waals surface area contributed by atoms with Gasteiger partial charge in [-0.05, 0) is 61.0 Å². The van der Waals surface area contributed by atoms with Gasteiger partial charge >= 0.3 is 6.09 Å². The van der Waals surface area contributed by atoms with Gasteiger partial charge in [0.1, 0.15) is 5.60 Å². The Bertz CT molecular complexity index is 572. The first-order valence-corrected chi connectivity index (χ1v) is 9.44. The van der Waals surface area contributed by atoms with Crippen LogP contribution in [0.25, 0.3) is 0 Å². The van der Waals surface area contributed by atoms with Crippen LogP contribution in [-0.4, -0.2) is 42.4 Å². The van der Waals surface area contributed by atoms with Gasteiger partial charge in [-0.3, -0.25) is 0 Å². The lowest BCUT2D eigenvalue weighted by molar-refractivity contribution is 0.0202. The number of ether oxygens (including phenoxy) is 1. The van der Waals surface area contributed by atoms with Crippen molar-refractivity contribution in [2.45, 2.75) is 39.2 Å². The number of piperidine rings is 1. The summed E-state index contributed by atoms with van der Waals surface area (Å²) in [4.78, 5) is 15.1. The van der Waals surface area contributed by atoms with Crippen LogP contribution in [0.2, 0.25) is 0 Å². The lowest BCUT2D eigenvalue weighted by Crippen LogP contribution is -2.43. The van der Waals surface area contributed by atoms with E-state index < -0.39 is 5.60 Å². The molecule has 1 aliphatic rings. The van der Waals surface area contributed by atoms with Crippen LogP contribution in [0.4, 0.5) is 4.79 Å². The van der Waals surface area contributed by atoms with E-state index in [9.17, 15) is 4.79 Å². The zero-order chi connectivity index (χ0) is 17.0. The van der Waals surface area contributed by atoms with Crippen molar-refractivity contribution >= 4 is 39.1 Å². The van der Waals surface area contributed by atoms with E-state index in [1.165, 1.54) is 0 Å². The minimum absolute atomic E-state index is 0.222. The Kier molecular flexibility index (Phi) is 6.08. The summed E-state index contributed by atoms with van der Waals surface area (Å²) in [6.07, 6.45) is 1.56. The van der Waals surface area contributed by atoms with Crippen LogP contribution in [0.3, 0.4) is 0 Å². The van der Waals surface area contributed by atoms with Gasteiger partial charge in [0.05, 0.1) is 10.6 Å². The summed E-state index contributed by atoms with van der Waals surface area (Å²) in [7, 11) is 1.82. The largest absolute Gasteiger partial charge is 0.444 e. The van der Waals surface area contributed by atoms with Gasteiger partial charge in [0.25, 0.3) is 0 Å². The Balaban J connectivity index is 2.01. The van der Waals surface area contributed by atoms with E-state index in [-0.39, 0.29) is 6.09 Å². The highest BCUT2D eigenvalue weighted by Crippen LogP contribution is 2.30. The van der Waals surface area contributed by atoms with Crippen molar-refractivity contribution in [1.29, 1.82) is 0 Å². The summed E-state index contributed by atoms with van der Waals surface area (Å²) < 4.78 is 6.53. The first-order valence-electron chi connectivity index (χ1n) is 7.77. The van der Waals surface area contributed by atoms with Crippen LogP contribution in [-0.2, 0) is 4.74 Å². The molecule has 2 heterocycles. The summed E-state index contributed by atoms with van der Waals surface area (Å²) in [6.45, 7) is 7.08. The van der Waals surface area contributed by atoms with Crippen molar-refractivity contribution in [3.8, 4) is 0 Å². The number of carbonyl (C=O) groups is 1. The van der Waals surface area contributed by atoms with Crippen molar-refractivity contribution in [3.63, 3.8) is 0 Å². The second-order valence-corrected chi connectivity index (χ2v) is 8.33. The number of hydrogen-bond acceptors (Lipinski definition) is 5. The number of hydrazone groups is 1. The molecular formula is C16H24BrN3O2S. The minimum atomic E-state index is -0.450. The molecule has 1 saturated heterocycles. The summed E-state index contributed by atoms with van der Waals surface area (Å²) >= 11 is 5.27. The second-order valence-electron chi connectivity index (χ2n) is 6.56. The number of halogens is 1. The molecule has 5 nitrogen and oxygen atoms in total. The first kappa shape index (κ1) is 18.3. The molecule has 0 saturated carbocycles. The van der Waals surface area contributed by atoms with E-state index in [1.807, 2.05) is 33.9 Å². The fourth-order valence-corrected chi connectivity index (χ4v) is 4.23. The molecule has 1 aliphatic heterocycles. The molecule has 2 rings (SSSR count). The molecule has 1 aromatic heterocycles. The van der Waals surface area contributed by atoms with Crippen LogP contribution in [0.15, 0.2) is 21.0 Å². The highest BCUT2D eigenvalue weighted by molar-refractivity contribution is 9.10. The first-order chi connectivity index (χ1) is 10.8. The number of hydrogen-bond donors (Lipinski definition) is 1. The zero-order valence-electron chi connectivity index (χ0n) is 14.1. The number of amides is 1. The normalized spacial score (nSPS) is 17.3. The number of rotatable bonds is 3. The molecule has 128 valence electrons.